The lowest BCUT2D eigenvalue weighted by molar-refractivity contribution is 0.131. The summed E-state index contributed by atoms with van der Waals surface area (Å²) in [7, 11) is 1.70. The fourth-order valence-electron chi connectivity index (χ4n) is 4.04. The number of ether oxygens (including phenoxy) is 2. The lowest BCUT2D eigenvalue weighted by Gasteiger charge is -2.31. The van der Waals surface area contributed by atoms with Gasteiger partial charge in [-0.2, -0.15) is 0 Å². The van der Waals surface area contributed by atoms with Gasteiger partial charge in [0.15, 0.2) is 5.96 Å². The van der Waals surface area contributed by atoms with Gasteiger partial charge in [-0.25, -0.2) is 0 Å². The maximum atomic E-state index is 9.47. The van der Waals surface area contributed by atoms with Crippen molar-refractivity contribution in [1.82, 2.24) is 15.5 Å². The van der Waals surface area contributed by atoms with E-state index >= 15 is 0 Å². The molecule has 0 bridgehead atoms. The van der Waals surface area contributed by atoms with Gasteiger partial charge in [0.1, 0.15) is 5.75 Å². The van der Waals surface area contributed by atoms with Crippen molar-refractivity contribution < 1.29 is 14.6 Å². The summed E-state index contributed by atoms with van der Waals surface area (Å²) in [5.74, 6) is 1.68. The van der Waals surface area contributed by atoms with E-state index < -0.39 is 0 Å². The molecule has 2 unspecified atom stereocenters. The number of benzene rings is 1. The third-order valence-corrected chi connectivity index (χ3v) is 5.94. The summed E-state index contributed by atoms with van der Waals surface area (Å²) in [6.07, 6.45) is 1.67. The van der Waals surface area contributed by atoms with E-state index in [4.69, 9.17) is 14.5 Å². The molecule has 0 amide bonds. The molecule has 0 aliphatic carbocycles. The Balaban J connectivity index is 0.00000480. The van der Waals surface area contributed by atoms with Crippen LogP contribution in [0.15, 0.2) is 29.3 Å². The number of aliphatic hydroxyl groups excluding tert-OH is 1. The Morgan fingerprint density at radius 3 is 2.65 bits per heavy atom. The van der Waals surface area contributed by atoms with Crippen LogP contribution in [-0.2, 0) is 4.74 Å². The first-order valence-corrected chi connectivity index (χ1v) is 11.2. The minimum Gasteiger partial charge on any atom is -0.497 e. The second kappa shape index (κ2) is 14.9. The molecule has 7 nitrogen and oxygen atoms in total. The van der Waals surface area contributed by atoms with Crippen LogP contribution < -0.4 is 15.4 Å². The number of rotatable bonds is 12. The fraction of sp³-hybridized carbons (Fsp3) is 0.696. The first-order valence-electron chi connectivity index (χ1n) is 11.2. The first-order chi connectivity index (χ1) is 14.6. The summed E-state index contributed by atoms with van der Waals surface area (Å²) < 4.78 is 11.0. The van der Waals surface area contributed by atoms with E-state index in [9.17, 15) is 5.11 Å². The van der Waals surface area contributed by atoms with Gasteiger partial charge in [-0.05, 0) is 50.6 Å². The zero-order valence-corrected chi connectivity index (χ0v) is 21.9. The van der Waals surface area contributed by atoms with E-state index in [0.29, 0.717) is 13.2 Å². The molecule has 1 heterocycles. The van der Waals surface area contributed by atoms with Gasteiger partial charge >= 0.3 is 0 Å². The Morgan fingerprint density at radius 2 is 2.06 bits per heavy atom. The summed E-state index contributed by atoms with van der Waals surface area (Å²) in [5.41, 5.74) is 1.17. The number of hydrogen-bond acceptors (Lipinski definition) is 5. The van der Waals surface area contributed by atoms with Crippen molar-refractivity contribution in [2.24, 2.45) is 10.4 Å². The Labute approximate surface area is 205 Å². The molecule has 3 N–H and O–H groups in total. The molecule has 0 aromatic heterocycles. The molecule has 0 saturated carbocycles. The summed E-state index contributed by atoms with van der Waals surface area (Å²) in [6, 6.07) is 8.50. The Morgan fingerprint density at radius 1 is 1.29 bits per heavy atom. The molecule has 2 atom stereocenters. The van der Waals surface area contributed by atoms with Crippen molar-refractivity contribution >= 4 is 29.9 Å². The third-order valence-electron chi connectivity index (χ3n) is 5.94. The van der Waals surface area contributed by atoms with E-state index in [1.54, 1.807) is 7.11 Å². The average Bonchev–Trinajstić information content (AvgIpc) is 3.23. The molecule has 1 aromatic carbocycles. The molecule has 1 fully saturated rings. The molecular formula is C23H41IN4O3. The van der Waals surface area contributed by atoms with Gasteiger partial charge in [-0.15, -0.1) is 24.0 Å². The highest BCUT2D eigenvalue weighted by atomic mass is 127. The fourth-order valence-corrected chi connectivity index (χ4v) is 4.04. The number of likely N-dealkylation sites (N-methyl/N-ethyl adjacent to an activating group) is 1. The predicted octanol–water partition coefficient (Wildman–Crippen LogP) is 3.04. The van der Waals surface area contributed by atoms with Crippen molar-refractivity contribution in [3.05, 3.63) is 29.8 Å². The van der Waals surface area contributed by atoms with Crippen LogP contribution in [0.4, 0.5) is 0 Å². The maximum Gasteiger partial charge on any atom is 0.191 e. The molecule has 1 aliphatic rings. The molecule has 31 heavy (non-hydrogen) atoms. The van der Waals surface area contributed by atoms with Gasteiger partial charge in [0.05, 0.1) is 26.3 Å². The minimum atomic E-state index is -0.0534. The van der Waals surface area contributed by atoms with Crippen molar-refractivity contribution in [1.29, 1.82) is 0 Å². The SMILES string of the molecule is CCNC(=NCC1(CCO)CCOC1)NCC(c1cccc(OC)c1)N(CC)CC.I. The number of halogens is 1. The molecule has 178 valence electrons. The average molecular weight is 549 g/mol. The van der Waals surface area contributed by atoms with Crippen molar-refractivity contribution in [2.45, 2.75) is 39.7 Å². The molecule has 1 aliphatic heterocycles. The molecule has 0 spiro atoms. The first kappa shape index (κ1) is 27.9. The number of aliphatic imine (C=N–C) groups is 1. The number of methoxy groups -OCH3 is 1. The van der Waals surface area contributed by atoms with E-state index in [0.717, 1.165) is 57.3 Å². The number of guanidine groups is 1. The molecule has 1 aromatic rings. The summed E-state index contributed by atoms with van der Waals surface area (Å²) in [4.78, 5) is 7.29. The minimum absolute atomic E-state index is 0. The summed E-state index contributed by atoms with van der Waals surface area (Å²) in [5, 5.41) is 16.4. The van der Waals surface area contributed by atoms with E-state index in [1.165, 1.54) is 5.56 Å². The van der Waals surface area contributed by atoms with Gasteiger partial charge < -0.3 is 25.2 Å². The maximum absolute atomic E-state index is 9.47. The molecular weight excluding hydrogens is 507 g/mol. The van der Waals surface area contributed by atoms with Crippen LogP contribution in [0.5, 0.6) is 5.75 Å². The molecule has 2 rings (SSSR count). The highest BCUT2D eigenvalue weighted by Crippen LogP contribution is 2.32. The number of hydrogen-bond donors (Lipinski definition) is 3. The lowest BCUT2D eigenvalue weighted by atomic mass is 9.84. The normalized spacial score (nSPS) is 19.7. The van der Waals surface area contributed by atoms with E-state index in [1.807, 2.05) is 12.1 Å². The standard InChI is InChI=1S/C23H40N4O3.HI/c1-5-24-22(26-17-23(11-13-28)12-14-30-18-23)25-16-21(27(6-2)7-3)19-9-8-10-20(15-19)29-4;/h8-10,15,21,28H,5-7,11-14,16-18H2,1-4H3,(H2,24,25,26);1H. The molecule has 1 saturated heterocycles. The Hall–Kier alpha value is -1.10. The number of nitrogens with zero attached hydrogens (tertiary/aromatic N) is 2. The summed E-state index contributed by atoms with van der Waals surface area (Å²) >= 11 is 0. The summed E-state index contributed by atoms with van der Waals surface area (Å²) in [6.45, 7) is 12.2. The Kier molecular flexibility index (Phi) is 13.4. The van der Waals surface area contributed by atoms with E-state index in [-0.39, 0.29) is 42.0 Å². The van der Waals surface area contributed by atoms with Gasteiger partial charge in [-0.1, -0.05) is 26.0 Å². The van der Waals surface area contributed by atoms with Crippen LogP contribution in [0.25, 0.3) is 0 Å². The quantitative estimate of drug-likeness (QED) is 0.212. The highest BCUT2D eigenvalue weighted by Gasteiger charge is 2.34. The zero-order chi connectivity index (χ0) is 21.8. The van der Waals surface area contributed by atoms with Crippen molar-refractivity contribution in [3.8, 4) is 5.75 Å². The van der Waals surface area contributed by atoms with Crippen LogP contribution in [0.3, 0.4) is 0 Å². The second-order valence-corrected chi connectivity index (χ2v) is 7.87. The van der Waals surface area contributed by atoms with Crippen molar-refractivity contribution in [2.75, 3.05) is 59.7 Å². The topological polar surface area (TPSA) is 78.4 Å². The van der Waals surface area contributed by atoms with Gasteiger partial charge in [0.25, 0.3) is 0 Å². The van der Waals surface area contributed by atoms with Crippen LogP contribution >= 0.6 is 24.0 Å². The van der Waals surface area contributed by atoms with Crippen LogP contribution in [0.2, 0.25) is 0 Å². The lowest BCUT2D eigenvalue weighted by Crippen LogP contribution is -2.44. The van der Waals surface area contributed by atoms with E-state index in [2.05, 4.69) is 48.4 Å². The number of aliphatic hydroxyl groups is 1. The second-order valence-electron chi connectivity index (χ2n) is 7.87. The smallest absolute Gasteiger partial charge is 0.191 e. The van der Waals surface area contributed by atoms with Crippen molar-refractivity contribution in [3.63, 3.8) is 0 Å². The largest absolute Gasteiger partial charge is 0.497 e. The molecule has 8 heteroatoms. The molecule has 0 radical (unpaired) electrons. The monoisotopic (exact) mass is 548 g/mol. The highest BCUT2D eigenvalue weighted by molar-refractivity contribution is 14.0. The zero-order valence-electron chi connectivity index (χ0n) is 19.5. The van der Waals surface area contributed by atoms with Crippen LogP contribution in [0.1, 0.15) is 45.2 Å². The van der Waals surface area contributed by atoms with Gasteiger partial charge in [0.2, 0.25) is 0 Å². The third kappa shape index (κ3) is 8.40. The van der Waals surface area contributed by atoms with Crippen LogP contribution in [-0.4, -0.2) is 75.6 Å². The predicted molar refractivity (Wildman–Crippen MR) is 138 cm³/mol. The van der Waals surface area contributed by atoms with Gasteiger partial charge in [0, 0.05) is 31.7 Å². The number of nitrogens with one attached hydrogen (secondary N) is 2. The van der Waals surface area contributed by atoms with Crippen LogP contribution in [0, 0.1) is 5.41 Å². The Bertz CT molecular complexity index is 649. The van der Waals surface area contributed by atoms with Gasteiger partial charge in [-0.3, -0.25) is 9.89 Å².